The first-order chi connectivity index (χ1) is 25.5. The molecular formula is C38H46F2N6O8. The lowest BCUT2D eigenvalue weighted by Crippen LogP contribution is -2.53. The van der Waals surface area contributed by atoms with Crippen molar-refractivity contribution in [3.63, 3.8) is 0 Å². The zero-order chi connectivity index (χ0) is 39.6. The molecule has 2 aromatic carbocycles. The largest absolute Gasteiger partial charge is 0.480 e. The average Bonchev–Trinajstić information content (AvgIpc) is 3.65. The molecule has 1 aliphatic rings. The Labute approximate surface area is 311 Å². The van der Waals surface area contributed by atoms with Gasteiger partial charge >= 0.3 is 11.9 Å². The van der Waals surface area contributed by atoms with Crippen LogP contribution in [0.2, 0.25) is 0 Å². The van der Waals surface area contributed by atoms with Crippen LogP contribution in [-0.2, 0) is 40.1 Å². The molecule has 54 heavy (non-hydrogen) atoms. The minimum atomic E-state index is -1.48. The van der Waals surface area contributed by atoms with Crippen LogP contribution >= 0.6 is 0 Å². The first-order valence-corrected chi connectivity index (χ1v) is 17.6. The summed E-state index contributed by atoms with van der Waals surface area (Å²) in [5, 5.41) is 19.0. The Kier molecular flexibility index (Phi) is 14.2. The van der Waals surface area contributed by atoms with Crippen molar-refractivity contribution in [1.82, 2.24) is 25.6 Å². The van der Waals surface area contributed by atoms with Crippen LogP contribution in [0.4, 0.5) is 8.78 Å². The number of amides is 4. The molecule has 6 N–H and O–H groups in total. The molecule has 1 saturated heterocycles. The number of nitrogens with one attached hydrogen (secondary N) is 3. The van der Waals surface area contributed by atoms with Crippen LogP contribution in [0.25, 0.3) is 11.1 Å². The van der Waals surface area contributed by atoms with Crippen molar-refractivity contribution in [2.45, 2.75) is 84.0 Å². The van der Waals surface area contributed by atoms with E-state index in [4.69, 9.17) is 10.6 Å². The normalized spacial score (nSPS) is 14.8. The zero-order valence-corrected chi connectivity index (χ0v) is 30.4. The molecule has 1 fully saturated rings. The average molecular weight is 753 g/mol. The van der Waals surface area contributed by atoms with Gasteiger partial charge < -0.3 is 30.9 Å². The third-order valence-electron chi connectivity index (χ3n) is 8.79. The SMILES string of the molecule is CC(C)(C)[C@@H](NCC[C@H](N[C@@H](CC(N)=O)C(=O)O)C(=O)NCCCC(=O)ON1C(=O)CCC1=O)c1cc(-c2cc(F)ccc2F)cn1Cc1ccccc1. The van der Waals surface area contributed by atoms with Crippen molar-refractivity contribution in [2.75, 3.05) is 13.1 Å². The van der Waals surface area contributed by atoms with Gasteiger partial charge in [-0.3, -0.25) is 29.3 Å². The minimum absolute atomic E-state index is 0.0347. The third-order valence-corrected chi connectivity index (χ3v) is 8.79. The molecule has 16 heteroatoms. The fourth-order valence-electron chi connectivity index (χ4n) is 6.11. The maximum Gasteiger partial charge on any atom is 0.333 e. The number of halogens is 2. The van der Waals surface area contributed by atoms with E-state index in [0.717, 1.165) is 29.5 Å². The van der Waals surface area contributed by atoms with Gasteiger partial charge in [-0.1, -0.05) is 51.1 Å². The first-order valence-electron chi connectivity index (χ1n) is 17.6. The molecule has 0 radical (unpaired) electrons. The third kappa shape index (κ3) is 11.5. The molecule has 0 spiro atoms. The van der Waals surface area contributed by atoms with E-state index in [2.05, 4.69) is 16.0 Å². The number of primary amides is 1. The number of nitrogens with two attached hydrogens (primary N) is 1. The van der Waals surface area contributed by atoms with E-state index in [9.17, 15) is 42.7 Å². The van der Waals surface area contributed by atoms with Gasteiger partial charge in [0, 0.05) is 55.4 Å². The quantitative estimate of drug-likeness (QED) is 0.0893. The van der Waals surface area contributed by atoms with E-state index in [0.29, 0.717) is 17.2 Å². The van der Waals surface area contributed by atoms with Gasteiger partial charge in [-0.15, -0.1) is 5.06 Å². The van der Waals surface area contributed by atoms with Crippen molar-refractivity contribution >= 4 is 35.6 Å². The van der Waals surface area contributed by atoms with Crippen molar-refractivity contribution in [3.8, 4) is 11.1 Å². The lowest BCUT2D eigenvalue weighted by atomic mass is 9.84. The van der Waals surface area contributed by atoms with Crippen LogP contribution in [0.1, 0.15) is 76.6 Å². The number of rotatable bonds is 19. The molecule has 0 aliphatic carbocycles. The summed E-state index contributed by atoms with van der Waals surface area (Å²) in [6.45, 7) is 6.50. The highest BCUT2D eigenvalue weighted by atomic mass is 19.1. The number of aromatic nitrogens is 1. The fraction of sp³-hybridized carbons (Fsp3) is 0.421. The number of hydroxylamine groups is 2. The van der Waals surface area contributed by atoms with Crippen molar-refractivity contribution < 1.29 is 47.5 Å². The summed E-state index contributed by atoms with van der Waals surface area (Å²) >= 11 is 0. The van der Waals surface area contributed by atoms with Crippen molar-refractivity contribution in [1.29, 1.82) is 0 Å². The van der Waals surface area contributed by atoms with Crippen molar-refractivity contribution in [2.24, 2.45) is 11.1 Å². The molecule has 0 bridgehead atoms. The second-order valence-corrected chi connectivity index (χ2v) is 14.2. The van der Waals surface area contributed by atoms with Crippen LogP contribution in [0, 0.1) is 17.0 Å². The molecule has 4 rings (SSSR count). The van der Waals surface area contributed by atoms with Gasteiger partial charge in [0.25, 0.3) is 11.8 Å². The number of imide groups is 1. The number of carboxylic acid groups (broad SMARTS) is 1. The van der Waals surface area contributed by atoms with Crippen LogP contribution in [0.15, 0.2) is 60.8 Å². The maximum absolute atomic E-state index is 15.0. The predicted octanol–water partition coefficient (Wildman–Crippen LogP) is 3.34. The Bertz CT molecular complexity index is 1830. The Balaban J connectivity index is 1.51. The number of carboxylic acids is 1. The van der Waals surface area contributed by atoms with E-state index in [1.807, 2.05) is 55.7 Å². The van der Waals surface area contributed by atoms with Gasteiger partial charge in [0.1, 0.15) is 17.7 Å². The summed E-state index contributed by atoms with van der Waals surface area (Å²) in [7, 11) is 0. The molecular weight excluding hydrogens is 706 g/mol. The molecule has 2 heterocycles. The number of hydrogen-bond donors (Lipinski definition) is 5. The standard InChI is InChI=1S/C38H46F2N6O8/c1-38(2,3)35(30-18-24(26-19-25(39)11-12-27(26)40)22-45(30)21-23-8-5-4-6-9-23)42-17-15-28(44-29(37(52)53)20-31(41)47)36(51)43-16-7-10-34(50)54-46-32(48)13-14-33(46)49/h4-6,8-9,11-12,18-19,22,28-29,35,42,44H,7,10,13-17,20-21H2,1-3H3,(H2,41,47)(H,43,51)(H,52,53)/t28-,29-,35-/m0/s1. The van der Waals surface area contributed by atoms with Crippen molar-refractivity contribution in [3.05, 3.63) is 83.7 Å². The molecule has 290 valence electrons. The van der Waals surface area contributed by atoms with Gasteiger partial charge in [0.2, 0.25) is 11.8 Å². The smallest absolute Gasteiger partial charge is 0.333 e. The Morgan fingerprint density at radius 1 is 0.963 bits per heavy atom. The Morgan fingerprint density at radius 3 is 2.28 bits per heavy atom. The second-order valence-electron chi connectivity index (χ2n) is 14.2. The molecule has 14 nitrogen and oxygen atoms in total. The molecule has 1 aliphatic heterocycles. The highest BCUT2D eigenvalue weighted by Crippen LogP contribution is 2.37. The van der Waals surface area contributed by atoms with Gasteiger partial charge in [-0.25, -0.2) is 13.6 Å². The lowest BCUT2D eigenvalue weighted by Gasteiger charge is -2.33. The summed E-state index contributed by atoms with van der Waals surface area (Å²) in [6.07, 6.45) is 0.964. The number of hydrogen-bond acceptors (Lipinski definition) is 9. The summed E-state index contributed by atoms with van der Waals surface area (Å²) in [5.74, 6) is -6.15. The van der Waals surface area contributed by atoms with Crippen LogP contribution < -0.4 is 21.7 Å². The number of aliphatic carboxylic acids is 1. The van der Waals surface area contributed by atoms with E-state index >= 15 is 0 Å². The lowest BCUT2D eigenvalue weighted by molar-refractivity contribution is -0.197. The predicted molar refractivity (Wildman–Crippen MR) is 192 cm³/mol. The summed E-state index contributed by atoms with van der Waals surface area (Å²) in [5.41, 5.74) is 7.09. The maximum atomic E-state index is 15.0. The van der Waals surface area contributed by atoms with Gasteiger partial charge in [0.05, 0.1) is 18.5 Å². The first kappa shape index (κ1) is 41.3. The topological polar surface area (TPSA) is 202 Å². The molecule has 0 unspecified atom stereocenters. The van der Waals surface area contributed by atoms with Gasteiger partial charge in [-0.05, 0) is 54.6 Å². The highest BCUT2D eigenvalue weighted by molar-refractivity contribution is 6.01. The zero-order valence-electron chi connectivity index (χ0n) is 30.4. The fourth-order valence-corrected chi connectivity index (χ4v) is 6.11. The number of carbonyl (C=O) groups excluding carboxylic acids is 5. The highest BCUT2D eigenvalue weighted by Gasteiger charge is 2.34. The Hall–Kier alpha value is -5.48. The minimum Gasteiger partial charge on any atom is -0.480 e. The van der Waals surface area contributed by atoms with E-state index in [1.54, 1.807) is 12.3 Å². The van der Waals surface area contributed by atoms with Gasteiger partial charge in [-0.2, -0.15) is 0 Å². The summed E-state index contributed by atoms with van der Waals surface area (Å²) < 4.78 is 31.2. The second kappa shape index (κ2) is 18.5. The molecule has 3 atom stereocenters. The van der Waals surface area contributed by atoms with Crippen LogP contribution in [0.5, 0.6) is 0 Å². The number of benzene rings is 2. The molecule has 4 amide bonds. The monoisotopic (exact) mass is 752 g/mol. The molecule has 1 aromatic heterocycles. The number of carbonyl (C=O) groups is 6. The Morgan fingerprint density at radius 2 is 1.65 bits per heavy atom. The summed E-state index contributed by atoms with van der Waals surface area (Å²) in [6, 6.07) is 11.6. The van der Waals surface area contributed by atoms with E-state index in [1.165, 1.54) is 0 Å². The number of nitrogens with zero attached hydrogens (tertiary/aromatic N) is 2. The van der Waals surface area contributed by atoms with Gasteiger partial charge in [0.15, 0.2) is 0 Å². The van der Waals surface area contributed by atoms with E-state index < -0.39 is 77.2 Å². The molecule has 0 saturated carbocycles. The van der Waals surface area contributed by atoms with Crippen LogP contribution in [0.3, 0.4) is 0 Å². The van der Waals surface area contributed by atoms with Crippen LogP contribution in [-0.4, -0.2) is 75.5 Å². The van der Waals surface area contributed by atoms with E-state index in [-0.39, 0.29) is 50.8 Å². The summed E-state index contributed by atoms with van der Waals surface area (Å²) in [4.78, 5) is 77.5. The molecule has 3 aromatic rings.